The zero-order valence-corrected chi connectivity index (χ0v) is 17.8. The van der Waals surface area contributed by atoms with E-state index in [9.17, 15) is 4.79 Å². The van der Waals surface area contributed by atoms with Crippen molar-refractivity contribution in [1.82, 2.24) is 4.90 Å². The van der Waals surface area contributed by atoms with Gasteiger partial charge >= 0.3 is 0 Å². The Kier molecular flexibility index (Phi) is 8.58. The number of aldehydes is 1. The first-order valence-corrected chi connectivity index (χ1v) is 9.56. The molecule has 0 saturated heterocycles. The SMILES string of the molecule is CN(C)C.Nc1cccc(-c2ccc(S)cc2)c1OCNc1ccc(C=O)cc1. The highest BCUT2D eigenvalue weighted by molar-refractivity contribution is 7.80. The molecule has 0 aromatic heterocycles. The van der Waals surface area contributed by atoms with E-state index in [0.29, 0.717) is 17.0 Å². The molecule has 3 aromatic carbocycles. The molecular weight excluding hydrogens is 382 g/mol. The molecule has 6 heteroatoms. The van der Waals surface area contributed by atoms with Crippen LogP contribution in [-0.2, 0) is 0 Å². The van der Waals surface area contributed by atoms with E-state index in [1.165, 1.54) is 0 Å². The van der Waals surface area contributed by atoms with Crippen molar-refractivity contribution in [3.05, 3.63) is 72.3 Å². The molecule has 0 spiro atoms. The van der Waals surface area contributed by atoms with Crippen LogP contribution in [0.4, 0.5) is 11.4 Å². The summed E-state index contributed by atoms with van der Waals surface area (Å²) in [6.45, 7) is 0.256. The molecule has 3 rings (SSSR count). The van der Waals surface area contributed by atoms with E-state index in [1.54, 1.807) is 12.1 Å². The van der Waals surface area contributed by atoms with Crippen molar-refractivity contribution in [2.75, 3.05) is 38.9 Å². The molecule has 0 saturated carbocycles. The number of nitrogens with one attached hydrogen (secondary N) is 1. The van der Waals surface area contributed by atoms with Gasteiger partial charge in [-0.2, -0.15) is 0 Å². The maximum atomic E-state index is 10.7. The molecule has 0 atom stereocenters. The first-order valence-electron chi connectivity index (χ1n) is 9.11. The second-order valence-electron chi connectivity index (χ2n) is 6.82. The first-order chi connectivity index (χ1) is 13.9. The summed E-state index contributed by atoms with van der Waals surface area (Å²) in [5.74, 6) is 0.631. The second-order valence-corrected chi connectivity index (χ2v) is 7.33. The molecule has 0 aliphatic heterocycles. The lowest BCUT2D eigenvalue weighted by atomic mass is 10.0. The lowest BCUT2D eigenvalue weighted by Crippen LogP contribution is -2.10. The zero-order chi connectivity index (χ0) is 21.2. The Bertz CT molecular complexity index is 908. The highest BCUT2D eigenvalue weighted by Crippen LogP contribution is 2.35. The number of nitrogen functional groups attached to an aromatic ring is 1. The van der Waals surface area contributed by atoms with Gasteiger partial charge in [-0.25, -0.2) is 0 Å². The molecule has 152 valence electrons. The fourth-order valence-corrected chi connectivity index (χ4v) is 2.60. The monoisotopic (exact) mass is 409 g/mol. The number of para-hydroxylation sites is 1. The third-order valence-electron chi connectivity index (χ3n) is 3.76. The van der Waals surface area contributed by atoms with Crippen molar-refractivity contribution >= 4 is 30.3 Å². The first kappa shape index (κ1) is 22.3. The van der Waals surface area contributed by atoms with Gasteiger partial charge in [-0.05, 0) is 69.2 Å². The number of hydrogen-bond donors (Lipinski definition) is 3. The predicted molar refractivity (Wildman–Crippen MR) is 124 cm³/mol. The van der Waals surface area contributed by atoms with Crippen LogP contribution < -0.4 is 15.8 Å². The minimum absolute atomic E-state index is 0.256. The van der Waals surface area contributed by atoms with Crippen molar-refractivity contribution in [2.24, 2.45) is 0 Å². The Labute approximate surface area is 177 Å². The molecular formula is C23H27N3O2S. The van der Waals surface area contributed by atoms with Crippen molar-refractivity contribution in [3.63, 3.8) is 0 Å². The summed E-state index contributed by atoms with van der Waals surface area (Å²) in [4.78, 5) is 13.6. The Morgan fingerprint density at radius 1 is 1.00 bits per heavy atom. The van der Waals surface area contributed by atoms with E-state index in [1.807, 2.05) is 80.6 Å². The van der Waals surface area contributed by atoms with E-state index in [-0.39, 0.29) is 6.73 Å². The summed E-state index contributed by atoms with van der Waals surface area (Å²) < 4.78 is 5.89. The highest BCUT2D eigenvalue weighted by atomic mass is 32.1. The predicted octanol–water partition coefficient (Wildman–Crippen LogP) is 4.66. The normalized spacial score (nSPS) is 10.1. The van der Waals surface area contributed by atoms with E-state index in [0.717, 1.165) is 28.0 Å². The van der Waals surface area contributed by atoms with Gasteiger partial charge in [0.1, 0.15) is 6.29 Å². The lowest BCUT2D eigenvalue weighted by molar-refractivity contribution is 0.112. The molecule has 0 amide bonds. The van der Waals surface area contributed by atoms with Crippen LogP contribution in [0.15, 0.2) is 71.6 Å². The maximum Gasteiger partial charge on any atom is 0.159 e. The third-order valence-corrected chi connectivity index (χ3v) is 4.06. The Morgan fingerprint density at radius 3 is 2.21 bits per heavy atom. The molecule has 3 N–H and O–H groups in total. The van der Waals surface area contributed by atoms with Crippen molar-refractivity contribution in [3.8, 4) is 16.9 Å². The number of ether oxygens (including phenoxy) is 1. The van der Waals surface area contributed by atoms with Crippen molar-refractivity contribution in [1.29, 1.82) is 0 Å². The van der Waals surface area contributed by atoms with Gasteiger partial charge in [-0.1, -0.05) is 24.3 Å². The fraction of sp³-hybridized carbons (Fsp3) is 0.174. The van der Waals surface area contributed by atoms with E-state index >= 15 is 0 Å². The summed E-state index contributed by atoms with van der Waals surface area (Å²) in [6.07, 6.45) is 0.813. The smallest absolute Gasteiger partial charge is 0.159 e. The number of carbonyl (C=O) groups is 1. The van der Waals surface area contributed by atoms with Crippen LogP contribution in [0, 0.1) is 0 Å². The van der Waals surface area contributed by atoms with Gasteiger partial charge in [-0.15, -0.1) is 12.6 Å². The van der Waals surface area contributed by atoms with Crippen LogP contribution in [0.3, 0.4) is 0 Å². The minimum Gasteiger partial charge on any atom is -0.471 e. The van der Waals surface area contributed by atoms with E-state index in [4.69, 9.17) is 10.5 Å². The fourth-order valence-electron chi connectivity index (χ4n) is 2.46. The third kappa shape index (κ3) is 7.18. The second kappa shape index (κ2) is 11.1. The molecule has 29 heavy (non-hydrogen) atoms. The van der Waals surface area contributed by atoms with Crippen LogP contribution in [0.2, 0.25) is 0 Å². The van der Waals surface area contributed by atoms with Gasteiger partial charge in [0, 0.05) is 21.7 Å². The minimum atomic E-state index is 0.256. The van der Waals surface area contributed by atoms with Gasteiger partial charge in [0.05, 0.1) is 5.69 Å². The highest BCUT2D eigenvalue weighted by Gasteiger charge is 2.10. The van der Waals surface area contributed by atoms with Crippen molar-refractivity contribution in [2.45, 2.75) is 4.90 Å². The van der Waals surface area contributed by atoms with Gasteiger partial charge in [0.25, 0.3) is 0 Å². The largest absolute Gasteiger partial charge is 0.471 e. The summed E-state index contributed by atoms with van der Waals surface area (Å²) in [6, 6.07) is 20.6. The van der Waals surface area contributed by atoms with Crippen LogP contribution in [-0.4, -0.2) is 39.1 Å². The van der Waals surface area contributed by atoms with Gasteiger partial charge in [0.15, 0.2) is 12.5 Å². The Morgan fingerprint density at radius 2 is 1.62 bits per heavy atom. The van der Waals surface area contributed by atoms with Crippen LogP contribution >= 0.6 is 12.6 Å². The summed E-state index contributed by atoms with van der Waals surface area (Å²) in [5, 5.41) is 3.15. The van der Waals surface area contributed by atoms with Gasteiger partial charge in [-0.3, -0.25) is 4.79 Å². The molecule has 3 aromatic rings. The average molecular weight is 410 g/mol. The van der Waals surface area contributed by atoms with Crippen LogP contribution in [0.5, 0.6) is 5.75 Å². The number of carbonyl (C=O) groups excluding carboxylic acids is 1. The number of benzene rings is 3. The molecule has 0 unspecified atom stereocenters. The molecule has 0 heterocycles. The molecule has 0 aliphatic rings. The van der Waals surface area contributed by atoms with Gasteiger partial charge in [0.2, 0.25) is 0 Å². The number of thiol groups is 1. The van der Waals surface area contributed by atoms with Gasteiger partial charge < -0.3 is 20.7 Å². The van der Waals surface area contributed by atoms with Crippen LogP contribution in [0.25, 0.3) is 11.1 Å². The number of rotatable bonds is 6. The molecule has 0 aliphatic carbocycles. The average Bonchev–Trinajstić information content (AvgIpc) is 2.70. The number of hydrogen-bond acceptors (Lipinski definition) is 6. The quantitative estimate of drug-likeness (QED) is 0.239. The molecule has 0 radical (unpaired) electrons. The number of nitrogens with zero attached hydrogens (tertiary/aromatic N) is 1. The molecule has 5 nitrogen and oxygen atoms in total. The van der Waals surface area contributed by atoms with Crippen LogP contribution in [0.1, 0.15) is 10.4 Å². The summed E-state index contributed by atoms with van der Waals surface area (Å²) in [7, 11) is 6.00. The standard InChI is InChI=1S/C20H18N2O2S.C3H9N/c21-19-3-1-2-18(15-6-10-17(25)11-7-15)20(19)24-13-22-16-8-4-14(12-23)5-9-16;1-4(2)3/h1-12,22,25H,13,21H2;1-3H3. The topological polar surface area (TPSA) is 67.6 Å². The maximum absolute atomic E-state index is 10.7. The Hall–Kier alpha value is -2.96. The molecule has 0 bridgehead atoms. The van der Waals surface area contributed by atoms with Crippen molar-refractivity contribution < 1.29 is 9.53 Å². The number of anilines is 2. The van der Waals surface area contributed by atoms with E-state index in [2.05, 4.69) is 17.9 Å². The Balaban J connectivity index is 0.000000687. The molecule has 0 fully saturated rings. The zero-order valence-electron chi connectivity index (χ0n) is 16.9. The summed E-state index contributed by atoms with van der Waals surface area (Å²) in [5.41, 5.74) is 10.1. The van der Waals surface area contributed by atoms with E-state index < -0.39 is 0 Å². The number of nitrogens with two attached hydrogens (primary N) is 1. The summed E-state index contributed by atoms with van der Waals surface area (Å²) >= 11 is 4.31. The lowest BCUT2D eigenvalue weighted by Gasteiger charge is -2.15.